The van der Waals surface area contributed by atoms with Crippen molar-refractivity contribution in [2.75, 3.05) is 26.2 Å². The van der Waals surface area contributed by atoms with Crippen LogP contribution < -0.4 is 20.1 Å². The minimum Gasteiger partial charge on any atom is -0.497 e. The Bertz CT molecular complexity index is 409. The van der Waals surface area contributed by atoms with Crippen LogP contribution in [-0.4, -0.2) is 33.4 Å². The van der Waals surface area contributed by atoms with Gasteiger partial charge in [-0.2, -0.15) is 0 Å². The molecule has 18 heavy (non-hydrogen) atoms. The molecule has 0 radical (unpaired) electrons. The zero-order chi connectivity index (χ0) is 13.1. The van der Waals surface area contributed by atoms with Crippen LogP contribution in [0.5, 0.6) is 11.5 Å². The number of methoxy groups -OCH3 is 2. The maximum atomic E-state index is 6.16. The third-order valence-electron chi connectivity index (χ3n) is 3.80. The van der Waals surface area contributed by atoms with Gasteiger partial charge in [0.1, 0.15) is 11.5 Å². The van der Waals surface area contributed by atoms with Gasteiger partial charge in [0.15, 0.2) is 0 Å². The summed E-state index contributed by atoms with van der Waals surface area (Å²) in [6.45, 7) is 0. The zero-order valence-electron chi connectivity index (χ0n) is 11.3. The van der Waals surface area contributed by atoms with Crippen molar-refractivity contribution in [3.8, 4) is 11.5 Å². The average molecular weight is 250 g/mol. The Morgan fingerprint density at radius 3 is 2.56 bits per heavy atom. The molecular formula is C14H22N2O2. The molecule has 1 aromatic rings. The molecule has 2 atom stereocenters. The first-order chi connectivity index (χ1) is 8.67. The van der Waals surface area contributed by atoms with Gasteiger partial charge >= 0.3 is 0 Å². The van der Waals surface area contributed by atoms with E-state index < -0.39 is 0 Å². The molecule has 1 saturated carbocycles. The third kappa shape index (κ3) is 2.38. The fourth-order valence-electron chi connectivity index (χ4n) is 2.70. The second-order valence-electron chi connectivity index (χ2n) is 4.81. The summed E-state index contributed by atoms with van der Waals surface area (Å²) in [7, 11) is 5.42. The van der Waals surface area contributed by atoms with Crippen molar-refractivity contribution in [3.63, 3.8) is 0 Å². The zero-order valence-corrected chi connectivity index (χ0v) is 11.3. The van der Waals surface area contributed by atoms with E-state index >= 15 is 0 Å². The van der Waals surface area contributed by atoms with Crippen LogP contribution in [0.3, 0.4) is 0 Å². The number of rotatable bonds is 4. The van der Waals surface area contributed by atoms with Crippen molar-refractivity contribution in [2.24, 2.45) is 5.73 Å². The van der Waals surface area contributed by atoms with E-state index in [9.17, 15) is 0 Å². The van der Waals surface area contributed by atoms with Crippen molar-refractivity contribution < 1.29 is 9.47 Å². The first kappa shape index (κ1) is 13.0. The molecule has 0 aliphatic heterocycles. The number of nitrogens with two attached hydrogens (primary N) is 1. The van der Waals surface area contributed by atoms with Crippen LogP contribution in [0, 0.1) is 0 Å². The molecule has 4 heteroatoms. The lowest BCUT2D eigenvalue weighted by Crippen LogP contribution is -2.42. The predicted octanol–water partition coefficient (Wildman–Crippen LogP) is 2.02. The highest BCUT2D eigenvalue weighted by atomic mass is 16.5. The maximum Gasteiger partial charge on any atom is 0.145 e. The Balaban J connectivity index is 2.26. The summed E-state index contributed by atoms with van der Waals surface area (Å²) in [5, 5.41) is 0. The van der Waals surface area contributed by atoms with Crippen LogP contribution in [0.2, 0.25) is 0 Å². The van der Waals surface area contributed by atoms with Gasteiger partial charge in [0, 0.05) is 25.2 Å². The molecule has 0 bridgehead atoms. The highest BCUT2D eigenvalue weighted by Gasteiger charge is 2.28. The van der Waals surface area contributed by atoms with Gasteiger partial charge in [-0.15, -0.1) is 0 Å². The molecule has 0 aromatic heterocycles. The van der Waals surface area contributed by atoms with Gasteiger partial charge in [-0.25, -0.2) is 0 Å². The van der Waals surface area contributed by atoms with Gasteiger partial charge < -0.3 is 20.1 Å². The Hall–Kier alpha value is -1.42. The number of hydrogen-bond acceptors (Lipinski definition) is 4. The molecular weight excluding hydrogens is 228 g/mol. The largest absolute Gasteiger partial charge is 0.497 e. The van der Waals surface area contributed by atoms with E-state index in [4.69, 9.17) is 15.2 Å². The summed E-state index contributed by atoms with van der Waals surface area (Å²) in [6.07, 6.45) is 3.45. The van der Waals surface area contributed by atoms with Crippen LogP contribution in [0.25, 0.3) is 0 Å². The Morgan fingerprint density at radius 1 is 1.22 bits per heavy atom. The summed E-state index contributed by atoms with van der Waals surface area (Å²) < 4.78 is 10.7. The number of benzene rings is 1. The van der Waals surface area contributed by atoms with E-state index in [-0.39, 0.29) is 6.04 Å². The highest BCUT2D eigenvalue weighted by molar-refractivity contribution is 5.61. The first-order valence-electron chi connectivity index (χ1n) is 6.37. The standard InChI is InChI=1S/C14H22N2O2/c1-16(12-6-4-5-11(12)15)13-8-7-10(17-2)9-14(13)18-3/h7-9,11-12H,4-6,15H2,1-3H3. The molecule has 1 aliphatic rings. The molecule has 0 spiro atoms. The van der Waals surface area contributed by atoms with Crippen LogP contribution in [-0.2, 0) is 0 Å². The van der Waals surface area contributed by atoms with Gasteiger partial charge in [-0.05, 0) is 31.4 Å². The van der Waals surface area contributed by atoms with E-state index in [1.807, 2.05) is 18.2 Å². The quantitative estimate of drug-likeness (QED) is 0.888. The fourth-order valence-corrected chi connectivity index (χ4v) is 2.70. The van der Waals surface area contributed by atoms with Crippen molar-refractivity contribution in [3.05, 3.63) is 18.2 Å². The molecule has 1 aromatic carbocycles. The minimum atomic E-state index is 0.252. The Morgan fingerprint density at radius 2 is 2.00 bits per heavy atom. The van der Waals surface area contributed by atoms with Crippen molar-refractivity contribution in [2.45, 2.75) is 31.3 Å². The van der Waals surface area contributed by atoms with Crippen LogP contribution in [0.4, 0.5) is 5.69 Å². The summed E-state index contributed by atoms with van der Waals surface area (Å²) in [5.74, 6) is 1.63. The highest BCUT2D eigenvalue weighted by Crippen LogP contribution is 2.35. The van der Waals surface area contributed by atoms with Crippen molar-refractivity contribution in [1.82, 2.24) is 0 Å². The van der Waals surface area contributed by atoms with Crippen LogP contribution in [0.1, 0.15) is 19.3 Å². The molecule has 0 heterocycles. The molecule has 0 amide bonds. The summed E-state index contributed by atoms with van der Waals surface area (Å²) in [5.41, 5.74) is 7.23. The second-order valence-corrected chi connectivity index (χ2v) is 4.81. The van der Waals surface area contributed by atoms with Gasteiger partial charge in [0.2, 0.25) is 0 Å². The SMILES string of the molecule is COc1ccc(N(C)C2CCCC2N)c(OC)c1. The lowest BCUT2D eigenvalue weighted by atomic mass is 10.1. The van der Waals surface area contributed by atoms with Gasteiger partial charge in [-0.3, -0.25) is 0 Å². The van der Waals surface area contributed by atoms with E-state index in [0.717, 1.165) is 30.0 Å². The fraction of sp³-hybridized carbons (Fsp3) is 0.571. The van der Waals surface area contributed by atoms with Gasteiger partial charge in [0.25, 0.3) is 0 Å². The summed E-state index contributed by atoms with van der Waals surface area (Å²) in [4.78, 5) is 2.23. The summed E-state index contributed by atoms with van der Waals surface area (Å²) in [6, 6.07) is 6.54. The number of nitrogens with zero attached hydrogens (tertiary/aromatic N) is 1. The predicted molar refractivity (Wildman–Crippen MR) is 73.6 cm³/mol. The Labute approximate surface area is 109 Å². The van der Waals surface area contributed by atoms with Crippen molar-refractivity contribution in [1.29, 1.82) is 0 Å². The molecule has 4 nitrogen and oxygen atoms in total. The average Bonchev–Trinajstić information content (AvgIpc) is 2.83. The first-order valence-corrected chi connectivity index (χ1v) is 6.37. The molecule has 1 fully saturated rings. The smallest absolute Gasteiger partial charge is 0.145 e. The molecule has 1 aliphatic carbocycles. The topological polar surface area (TPSA) is 47.7 Å². The monoisotopic (exact) mass is 250 g/mol. The van der Waals surface area contributed by atoms with Gasteiger partial charge in [0.05, 0.1) is 19.9 Å². The van der Waals surface area contributed by atoms with E-state index in [0.29, 0.717) is 6.04 Å². The normalized spacial score (nSPS) is 22.9. The molecule has 2 unspecified atom stereocenters. The second kappa shape index (κ2) is 5.48. The minimum absolute atomic E-state index is 0.252. The lowest BCUT2D eigenvalue weighted by Gasteiger charge is -2.31. The third-order valence-corrected chi connectivity index (χ3v) is 3.80. The Kier molecular flexibility index (Phi) is 3.97. The molecule has 0 saturated heterocycles. The number of anilines is 1. The molecule has 2 N–H and O–H groups in total. The maximum absolute atomic E-state index is 6.16. The van der Waals surface area contributed by atoms with E-state index in [2.05, 4.69) is 11.9 Å². The molecule has 2 rings (SSSR count). The van der Waals surface area contributed by atoms with Crippen LogP contribution in [0.15, 0.2) is 18.2 Å². The number of likely N-dealkylation sites (N-methyl/N-ethyl adjacent to an activating group) is 1. The lowest BCUT2D eigenvalue weighted by molar-refractivity contribution is 0.393. The summed E-state index contributed by atoms with van der Waals surface area (Å²) >= 11 is 0. The number of hydrogen-bond donors (Lipinski definition) is 1. The van der Waals surface area contributed by atoms with E-state index in [1.54, 1.807) is 14.2 Å². The van der Waals surface area contributed by atoms with Gasteiger partial charge in [-0.1, -0.05) is 0 Å². The van der Waals surface area contributed by atoms with Crippen LogP contribution >= 0.6 is 0 Å². The van der Waals surface area contributed by atoms with Crippen molar-refractivity contribution >= 4 is 5.69 Å². The molecule has 100 valence electrons. The number of ether oxygens (including phenoxy) is 2. The van der Waals surface area contributed by atoms with E-state index in [1.165, 1.54) is 6.42 Å².